The van der Waals surface area contributed by atoms with Crippen LogP contribution in [0.1, 0.15) is 38.7 Å². The van der Waals surface area contributed by atoms with Gasteiger partial charge in [-0.15, -0.1) is 0 Å². The van der Waals surface area contributed by atoms with E-state index in [9.17, 15) is 5.11 Å². The molecule has 0 radical (unpaired) electrons. The van der Waals surface area contributed by atoms with Gasteiger partial charge in [0, 0.05) is 17.6 Å². The molecule has 1 saturated heterocycles. The van der Waals surface area contributed by atoms with Crippen molar-refractivity contribution in [1.29, 1.82) is 0 Å². The molecule has 0 aromatic heterocycles. The minimum Gasteiger partial charge on any atom is -0.507 e. The van der Waals surface area contributed by atoms with Crippen molar-refractivity contribution in [2.24, 2.45) is 5.10 Å². The number of phenolic OH excluding ortho intramolecular Hbond substituents is 1. The van der Waals surface area contributed by atoms with E-state index in [4.69, 9.17) is 0 Å². The zero-order valence-corrected chi connectivity index (χ0v) is 10.5. The van der Waals surface area contributed by atoms with E-state index < -0.39 is 0 Å². The van der Waals surface area contributed by atoms with Crippen molar-refractivity contribution in [1.82, 2.24) is 5.01 Å². The van der Waals surface area contributed by atoms with E-state index in [1.165, 1.54) is 19.3 Å². The molecule has 1 N–H and O–H groups in total. The summed E-state index contributed by atoms with van der Waals surface area (Å²) in [5.74, 6) is 0.286. The fourth-order valence-electron chi connectivity index (χ4n) is 2.36. The number of aromatic hydroxyl groups is 1. The second-order valence-electron chi connectivity index (χ2n) is 4.81. The molecule has 1 aliphatic heterocycles. The normalized spacial score (nSPS) is 25.4. The van der Waals surface area contributed by atoms with E-state index in [0.717, 1.165) is 5.56 Å². The van der Waals surface area contributed by atoms with Gasteiger partial charge in [0.1, 0.15) is 5.75 Å². The van der Waals surface area contributed by atoms with Gasteiger partial charge in [-0.05, 0) is 45.2 Å². The summed E-state index contributed by atoms with van der Waals surface area (Å²) in [6.45, 7) is 4.41. The van der Waals surface area contributed by atoms with Crippen LogP contribution >= 0.6 is 0 Å². The molecule has 0 amide bonds. The first kappa shape index (κ1) is 12.0. The predicted molar refractivity (Wildman–Crippen MR) is 70.3 cm³/mol. The molecular formula is C14H20N2O. The van der Waals surface area contributed by atoms with Crippen LogP contribution in [0.4, 0.5) is 0 Å². The van der Waals surface area contributed by atoms with Gasteiger partial charge in [-0.3, -0.25) is 5.01 Å². The van der Waals surface area contributed by atoms with E-state index in [1.807, 2.05) is 18.2 Å². The minimum absolute atomic E-state index is 0.286. The molecule has 17 heavy (non-hydrogen) atoms. The molecule has 1 fully saturated rings. The van der Waals surface area contributed by atoms with Crippen LogP contribution in [0.5, 0.6) is 5.75 Å². The Kier molecular flexibility index (Phi) is 3.67. The smallest absolute Gasteiger partial charge is 0.124 e. The molecule has 0 aliphatic carbocycles. The monoisotopic (exact) mass is 232 g/mol. The lowest BCUT2D eigenvalue weighted by molar-refractivity contribution is 0.109. The largest absolute Gasteiger partial charge is 0.507 e. The molecule has 1 aromatic rings. The third-order valence-corrected chi connectivity index (χ3v) is 3.41. The SMILES string of the molecule is C[C@@H]1CCC[C@@H](C)N1/N=C/c1ccccc1O. The van der Waals surface area contributed by atoms with Crippen LogP contribution in [-0.4, -0.2) is 28.4 Å². The molecule has 1 heterocycles. The number of hydrogen-bond donors (Lipinski definition) is 1. The van der Waals surface area contributed by atoms with Crippen molar-refractivity contribution >= 4 is 6.21 Å². The molecule has 3 nitrogen and oxygen atoms in total. The summed E-state index contributed by atoms with van der Waals surface area (Å²) in [5.41, 5.74) is 0.775. The zero-order valence-electron chi connectivity index (χ0n) is 10.5. The Morgan fingerprint density at radius 3 is 2.53 bits per heavy atom. The van der Waals surface area contributed by atoms with Gasteiger partial charge in [-0.2, -0.15) is 5.10 Å². The number of rotatable bonds is 2. The summed E-state index contributed by atoms with van der Waals surface area (Å²) in [7, 11) is 0. The molecule has 3 heteroatoms. The van der Waals surface area contributed by atoms with Crippen LogP contribution in [0.15, 0.2) is 29.4 Å². The third-order valence-electron chi connectivity index (χ3n) is 3.41. The summed E-state index contributed by atoms with van der Waals surface area (Å²) in [6.07, 6.45) is 5.43. The Morgan fingerprint density at radius 1 is 1.24 bits per heavy atom. The van der Waals surface area contributed by atoms with Crippen LogP contribution in [0.25, 0.3) is 0 Å². The first-order valence-electron chi connectivity index (χ1n) is 6.29. The highest BCUT2D eigenvalue weighted by molar-refractivity contribution is 5.82. The lowest BCUT2D eigenvalue weighted by Crippen LogP contribution is -2.39. The topological polar surface area (TPSA) is 35.8 Å². The van der Waals surface area contributed by atoms with Crippen molar-refractivity contribution < 1.29 is 5.11 Å². The standard InChI is InChI=1S/C14H20N2O/c1-11-6-5-7-12(2)16(11)15-10-13-8-3-4-9-14(13)17/h3-4,8-12,17H,5-7H2,1-2H3/b15-10+/t11-,12-/m1/s1. The Balaban J connectivity index is 2.11. The van der Waals surface area contributed by atoms with Crippen LogP contribution < -0.4 is 0 Å². The summed E-state index contributed by atoms with van der Waals surface area (Å²) in [6, 6.07) is 8.26. The molecule has 0 saturated carbocycles. The number of piperidine rings is 1. The maximum Gasteiger partial charge on any atom is 0.124 e. The molecule has 92 valence electrons. The summed E-state index contributed by atoms with van der Waals surface area (Å²) in [5, 5.41) is 16.3. The molecule has 1 aromatic carbocycles. The average molecular weight is 232 g/mol. The second-order valence-corrected chi connectivity index (χ2v) is 4.81. The highest BCUT2D eigenvalue weighted by Crippen LogP contribution is 2.23. The van der Waals surface area contributed by atoms with Crippen molar-refractivity contribution in [3.8, 4) is 5.75 Å². The number of benzene rings is 1. The minimum atomic E-state index is 0.286. The van der Waals surface area contributed by atoms with Crippen molar-refractivity contribution in [2.45, 2.75) is 45.2 Å². The molecule has 2 atom stereocenters. The third kappa shape index (κ3) is 2.78. The maximum atomic E-state index is 9.66. The van der Waals surface area contributed by atoms with E-state index in [1.54, 1.807) is 12.3 Å². The highest BCUT2D eigenvalue weighted by Gasteiger charge is 2.22. The van der Waals surface area contributed by atoms with E-state index in [0.29, 0.717) is 12.1 Å². The number of nitrogens with zero attached hydrogens (tertiary/aromatic N) is 2. The van der Waals surface area contributed by atoms with Crippen LogP contribution in [-0.2, 0) is 0 Å². The number of para-hydroxylation sites is 1. The summed E-state index contributed by atoms with van der Waals surface area (Å²) < 4.78 is 0. The lowest BCUT2D eigenvalue weighted by Gasteiger charge is -2.36. The fourth-order valence-corrected chi connectivity index (χ4v) is 2.36. The summed E-state index contributed by atoms with van der Waals surface area (Å²) in [4.78, 5) is 0. The van der Waals surface area contributed by atoms with Gasteiger partial charge in [-0.1, -0.05) is 12.1 Å². The van der Waals surface area contributed by atoms with Crippen LogP contribution in [0.3, 0.4) is 0 Å². The van der Waals surface area contributed by atoms with Crippen molar-refractivity contribution in [3.63, 3.8) is 0 Å². The van der Waals surface area contributed by atoms with Crippen molar-refractivity contribution in [3.05, 3.63) is 29.8 Å². The van der Waals surface area contributed by atoms with E-state index in [2.05, 4.69) is 24.0 Å². The molecule has 2 rings (SSSR count). The van der Waals surface area contributed by atoms with Gasteiger partial charge in [0.15, 0.2) is 0 Å². The number of hydrogen-bond acceptors (Lipinski definition) is 3. The summed E-state index contributed by atoms with van der Waals surface area (Å²) >= 11 is 0. The van der Waals surface area contributed by atoms with Crippen LogP contribution in [0, 0.1) is 0 Å². The first-order valence-corrected chi connectivity index (χ1v) is 6.29. The van der Waals surface area contributed by atoms with Crippen molar-refractivity contribution in [2.75, 3.05) is 0 Å². The molecular weight excluding hydrogens is 212 g/mol. The molecule has 0 spiro atoms. The van der Waals surface area contributed by atoms with E-state index in [-0.39, 0.29) is 5.75 Å². The Hall–Kier alpha value is -1.51. The van der Waals surface area contributed by atoms with Gasteiger partial charge < -0.3 is 5.11 Å². The van der Waals surface area contributed by atoms with Gasteiger partial charge in [0.25, 0.3) is 0 Å². The van der Waals surface area contributed by atoms with Crippen LogP contribution in [0.2, 0.25) is 0 Å². The Labute approximate surface area is 103 Å². The van der Waals surface area contributed by atoms with E-state index >= 15 is 0 Å². The fraction of sp³-hybridized carbons (Fsp3) is 0.500. The van der Waals surface area contributed by atoms with Gasteiger partial charge in [0.2, 0.25) is 0 Å². The maximum absolute atomic E-state index is 9.66. The quantitative estimate of drug-likeness (QED) is 0.796. The Bertz CT molecular complexity index is 393. The number of phenols is 1. The van der Waals surface area contributed by atoms with Gasteiger partial charge >= 0.3 is 0 Å². The predicted octanol–water partition coefficient (Wildman–Crippen LogP) is 2.99. The second kappa shape index (κ2) is 5.21. The first-order chi connectivity index (χ1) is 8.18. The molecule has 1 aliphatic rings. The van der Waals surface area contributed by atoms with Gasteiger partial charge in [-0.25, -0.2) is 0 Å². The molecule has 0 bridgehead atoms. The molecule has 0 unspecified atom stereocenters. The number of hydrazone groups is 1. The Morgan fingerprint density at radius 2 is 1.88 bits per heavy atom. The van der Waals surface area contributed by atoms with Gasteiger partial charge in [0.05, 0.1) is 6.21 Å². The lowest BCUT2D eigenvalue weighted by atomic mass is 10.00. The highest BCUT2D eigenvalue weighted by atomic mass is 16.3. The zero-order chi connectivity index (χ0) is 12.3. The average Bonchev–Trinajstić information content (AvgIpc) is 2.30.